The maximum atomic E-state index is 5.96. The van der Waals surface area contributed by atoms with E-state index in [4.69, 9.17) is 10.5 Å². The van der Waals surface area contributed by atoms with Gasteiger partial charge in [0.2, 0.25) is 0 Å². The summed E-state index contributed by atoms with van der Waals surface area (Å²) in [6.07, 6.45) is 0.925. The standard InChI is InChI=1S/C24H27N3O/c25-24(26-16-15-20-7-3-1-4-8-20)27-17-21-11-13-23(14-12-21)19-28-18-22-9-5-2-6-10-22/h1-14H,15-19H2,(H3,25,26,27). The zero-order chi connectivity index (χ0) is 19.4. The monoisotopic (exact) mass is 373 g/mol. The minimum absolute atomic E-state index is 0.478. The van der Waals surface area contributed by atoms with Gasteiger partial charge in [0.25, 0.3) is 0 Å². The van der Waals surface area contributed by atoms with E-state index >= 15 is 0 Å². The Morgan fingerprint density at radius 2 is 1.25 bits per heavy atom. The SMILES string of the molecule is NC(=NCc1ccc(COCc2ccccc2)cc1)NCCc1ccccc1. The van der Waals surface area contributed by atoms with E-state index in [0.717, 1.165) is 24.1 Å². The molecular formula is C24H27N3O. The summed E-state index contributed by atoms with van der Waals surface area (Å²) in [6, 6.07) is 28.8. The maximum Gasteiger partial charge on any atom is 0.188 e. The van der Waals surface area contributed by atoms with Crippen LogP contribution in [0, 0.1) is 0 Å². The van der Waals surface area contributed by atoms with Crippen molar-refractivity contribution in [2.45, 2.75) is 26.2 Å². The molecule has 0 atom stereocenters. The van der Waals surface area contributed by atoms with Gasteiger partial charge in [-0.1, -0.05) is 84.9 Å². The van der Waals surface area contributed by atoms with Crippen LogP contribution in [0.2, 0.25) is 0 Å². The molecule has 4 nitrogen and oxygen atoms in total. The molecule has 0 aliphatic carbocycles. The lowest BCUT2D eigenvalue weighted by molar-refractivity contribution is 0.107. The minimum atomic E-state index is 0.478. The number of nitrogens with one attached hydrogen (secondary N) is 1. The summed E-state index contributed by atoms with van der Waals surface area (Å²) in [4.78, 5) is 4.41. The van der Waals surface area contributed by atoms with Crippen molar-refractivity contribution in [2.24, 2.45) is 10.7 Å². The smallest absolute Gasteiger partial charge is 0.188 e. The number of rotatable bonds is 9. The van der Waals surface area contributed by atoms with Gasteiger partial charge in [-0.2, -0.15) is 0 Å². The van der Waals surface area contributed by atoms with Crippen molar-refractivity contribution in [3.05, 3.63) is 107 Å². The van der Waals surface area contributed by atoms with Gasteiger partial charge in [0, 0.05) is 6.54 Å². The average molecular weight is 374 g/mol. The molecule has 0 amide bonds. The van der Waals surface area contributed by atoms with Gasteiger partial charge in [-0.05, 0) is 28.7 Å². The molecule has 0 saturated carbocycles. The van der Waals surface area contributed by atoms with Crippen LogP contribution in [0.15, 0.2) is 89.9 Å². The second kappa shape index (κ2) is 10.9. The first kappa shape index (κ1) is 19.6. The summed E-state index contributed by atoms with van der Waals surface area (Å²) in [7, 11) is 0. The molecule has 4 heteroatoms. The fraction of sp³-hybridized carbons (Fsp3) is 0.208. The number of nitrogens with zero attached hydrogens (tertiary/aromatic N) is 1. The molecule has 3 rings (SSSR count). The largest absolute Gasteiger partial charge is 0.372 e. The molecule has 0 aromatic heterocycles. The quantitative estimate of drug-likeness (QED) is 0.439. The third kappa shape index (κ3) is 6.89. The van der Waals surface area contributed by atoms with Crippen LogP contribution < -0.4 is 11.1 Å². The molecule has 0 fully saturated rings. The predicted octanol–water partition coefficient (Wildman–Crippen LogP) is 4.05. The number of hydrogen-bond acceptors (Lipinski definition) is 2. The lowest BCUT2D eigenvalue weighted by atomic mass is 10.1. The van der Waals surface area contributed by atoms with Gasteiger partial charge in [-0.15, -0.1) is 0 Å². The molecule has 0 bridgehead atoms. The number of aliphatic imine (C=N–C) groups is 1. The fourth-order valence-corrected chi connectivity index (χ4v) is 2.81. The second-order valence-corrected chi connectivity index (χ2v) is 6.66. The van der Waals surface area contributed by atoms with Crippen LogP contribution in [0.3, 0.4) is 0 Å². The number of guanidine groups is 1. The van der Waals surface area contributed by atoms with Gasteiger partial charge < -0.3 is 15.8 Å². The van der Waals surface area contributed by atoms with Gasteiger partial charge in [-0.25, -0.2) is 4.99 Å². The molecule has 0 aliphatic heterocycles. The molecule has 0 aliphatic rings. The van der Waals surface area contributed by atoms with E-state index in [9.17, 15) is 0 Å². The molecule has 144 valence electrons. The third-order valence-corrected chi connectivity index (χ3v) is 4.40. The van der Waals surface area contributed by atoms with E-state index < -0.39 is 0 Å². The van der Waals surface area contributed by atoms with E-state index in [0.29, 0.717) is 25.7 Å². The Hall–Kier alpha value is -3.11. The van der Waals surface area contributed by atoms with Crippen molar-refractivity contribution in [2.75, 3.05) is 6.54 Å². The summed E-state index contributed by atoms with van der Waals surface area (Å²) in [5, 5.41) is 3.16. The van der Waals surface area contributed by atoms with E-state index in [2.05, 4.69) is 58.8 Å². The second-order valence-electron chi connectivity index (χ2n) is 6.66. The van der Waals surface area contributed by atoms with Crippen LogP contribution in [-0.2, 0) is 30.9 Å². The molecule has 0 heterocycles. The zero-order valence-corrected chi connectivity index (χ0v) is 16.1. The summed E-state index contributed by atoms with van der Waals surface area (Å²) >= 11 is 0. The number of hydrogen-bond donors (Lipinski definition) is 2. The summed E-state index contributed by atoms with van der Waals surface area (Å²) in [5.74, 6) is 0.478. The molecule has 0 radical (unpaired) electrons. The van der Waals surface area contributed by atoms with Crippen LogP contribution >= 0.6 is 0 Å². The van der Waals surface area contributed by atoms with Crippen LogP contribution in [0.1, 0.15) is 22.3 Å². The van der Waals surface area contributed by atoms with Gasteiger partial charge in [-0.3, -0.25) is 0 Å². The van der Waals surface area contributed by atoms with Crippen LogP contribution in [0.25, 0.3) is 0 Å². The van der Waals surface area contributed by atoms with Crippen LogP contribution in [0.4, 0.5) is 0 Å². The van der Waals surface area contributed by atoms with E-state index in [1.54, 1.807) is 0 Å². The Morgan fingerprint density at radius 1 is 0.714 bits per heavy atom. The Balaban J connectivity index is 1.37. The third-order valence-electron chi connectivity index (χ3n) is 4.40. The van der Waals surface area contributed by atoms with Crippen molar-refractivity contribution in [3.63, 3.8) is 0 Å². The van der Waals surface area contributed by atoms with E-state index in [-0.39, 0.29) is 0 Å². The van der Waals surface area contributed by atoms with Crippen molar-refractivity contribution >= 4 is 5.96 Å². The molecule has 3 N–H and O–H groups in total. The summed E-state index contributed by atoms with van der Waals surface area (Å²) in [6.45, 7) is 2.56. The molecule has 28 heavy (non-hydrogen) atoms. The number of benzene rings is 3. The highest BCUT2D eigenvalue weighted by molar-refractivity contribution is 5.77. The zero-order valence-electron chi connectivity index (χ0n) is 16.1. The Labute approximate surface area is 167 Å². The lowest BCUT2D eigenvalue weighted by Crippen LogP contribution is -2.33. The highest BCUT2D eigenvalue weighted by Crippen LogP contribution is 2.09. The fourth-order valence-electron chi connectivity index (χ4n) is 2.81. The van der Waals surface area contributed by atoms with Crippen molar-refractivity contribution < 1.29 is 4.74 Å². The molecule has 3 aromatic carbocycles. The Kier molecular flexibility index (Phi) is 7.65. The molecular weight excluding hydrogens is 346 g/mol. The molecule has 0 saturated heterocycles. The number of ether oxygens (including phenoxy) is 1. The maximum absolute atomic E-state index is 5.96. The van der Waals surface area contributed by atoms with E-state index in [1.807, 2.05) is 36.4 Å². The Bertz CT molecular complexity index is 846. The Morgan fingerprint density at radius 3 is 1.89 bits per heavy atom. The van der Waals surface area contributed by atoms with Gasteiger partial charge >= 0.3 is 0 Å². The van der Waals surface area contributed by atoms with Crippen LogP contribution in [-0.4, -0.2) is 12.5 Å². The van der Waals surface area contributed by atoms with Crippen molar-refractivity contribution in [1.82, 2.24) is 5.32 Å². The van der Waals surface area contributed by atoms with Crippen LogP contribution in [0.5, 0.6) is 0 Å². The van der Waals surface area contributed by atoms with Gasteiger partial charge in [0.15, 0.2) is 5.96 Å². The first-order valence-electron chi connectivity index (χ1n) is 9.57. The normalized spacial score (nSPS) is 11.4. The lowest BCUT2D eigenvalue weighted by Gasteiger charge is -2.07. The summed E-state index contributed by atoms with van der Waals surface area (Å²) in [5.41, 5.74) is 10.7. The van der Waals surface area contributed by atoms with Gasteiger partial charge in [0.05, 0.1) is 19.8 Å². The first-order valence-corrected chi connectivity index (χ1v) is 9.57. The van der Waals surface area contributed by atoms with Gasteiger partial charge in [0.1, 0.15) is 0 Å². The summed E-state index contributed by atoms with van der Waals surface area (Å²) < 4.78 is 5.77. The predicted molar refractivity (Wildman–Crippen MR) is 115 cm³/mol. The van der Waals surface area contributed by atoms with E-state index in [1.165, 1.54) is 11.1 Å². The highest BCUT2D eigenvalue weighted by Gasteiger charge is 1.98. The first-order chi connectivity index (χ1) is 13.8. The molecule has 0 spiro atoms. The molecule has 0 unspecified atom stereocenters. The number of nitrogens with two attached hydrogens (primary N) is 1. The molecule has 3 aromatic rings. The van der Waals surface area contributed by atoms with Crippen molar-refractivity contribution in [1.29, 1.82) is 0 Å². The highest BCUT2D eigenvalue weighted by atomic mass is 16.5. The van der Waals surface area contributed by atoms with Crippen molar-refractivity contribution in [3.8, 4) is 0 Å². The average Bonchev–Trinajstić information content (AvgIpc) is 2.75. The minimum Gasteiger partial charge on any atom is -0.372 e. The topological polar surface area (TPSA) is 59.6 Å².